The van der Waals surface area contributed by atoms with Gasteiger partial charge in [-0.25, -0.2) is 4.79 Å². The molecule has 0 bridgehead atoms. The third-order valence-electron chi connectivity index (χ3n) is 3.65. The summed E-state index contributed by atoms with van der Waals surface area (Å²) in [7, 11) is 0. The molecule has 1 saturated carbocycles. The molecule has 0 spiro atoms. The summed E-state index contributed by atoms with van der Waals surface area (Å²) in [4.78, 5) is 12.2. The van der Waals surface area contributed by atoms with Gasteiger partial charge >= 0.3 is 5.97 Å². The molecule has 3 nitrogen and oxygen atoms in total. The van der Waals surface area contributed by atoms with Gasteiger partial charge in [0.05, 0.1) is 6.61 Å². The van der Waals surface area contributed by atoms with E-state index in [2.05, 4.69) is 22.8 Å². The molecule has 20 heavy (non-hydrogen) atoms. The summed E-state index contributed by atoms with van der Waals surface area (Å²) in [6, 6.07) is 7.87. The number of carbonyl (C=O) groups excluding carboxylic acids is 1. The molecule has 0 radical (unpaired) electrons. The molecule has 0 aliphatic heterocycles. The summed E-state index contributed by atoms with van der Waals surface area (Å²) < 4.78 is 6.45. The topological polar surface area (TPSA) is 38.3 Å². The molecule has 1 fully saturated rings. The Morgan fingerprint density at radius 3 is 3.00 bits per heavy atom. The Bertz CT molecular complexity index is 603. The minimum atomic E-state index is -0.341. The number of benzene rings is 1. The Labute approximate surface area is 122 Å². The lowest BCUT2D eigenvalue weighted by atomic mass is 10.1. The highest BCUT2D eigenvalue weighted by Crippen LogP contribution is 2.33. The molecule has 106 valence electrons. The van der Waals surface area contributed by atoms with Crippen molar-refractivity contribution in [2.45, 2.75) is 25.8 Å². The van der Waals surface area contributed by atoms with Gasteiger partial charge < -0.3 is 10.1 Å². The highest BCUT2D eigenvalue weighted by molar-refractivity contribution is 7.17. The summed E-state index contributed by atoms with van der Waals surface area (Å²) in [5.41, 5.74) is 1.05. The Morgan fingerprint density at radius 2 is 2.25 bits per heavy atom. The lowest BCUT2D eigenvalue weighted by molar-refractivity contribution is -0.145. The van der Waals surface area contributed by atoms with E-state index in [4.69, 9.17) is 4.74 Å². The first-order valence-corrected chi connectivity index (χ1v) is 8.03. The second-order valence-electron chi connectivity index (χ2n) is 5.22. The van der Waals surface area contributed by atoms with E-state index in [1.165, 1.54) is 17.5 Å². The van der Waals surface area contributed by atoms with Crippen LogP contribution in [0.4, 0.5) is 0 Å². The fourth-order valence-electron chi connectivity index (χ4n) is 2.37. The third kappa shape index (κ3) is 2.86. The smallest absolute Gasteiger partial charge is 0.327 e. The molecule has 1 atom stereocenters. The Hall–Kier alpha value is -1.39. The van der Waals surface area contributed by atoms with Gasteiger partial charge in [-0.1, -0.05) is 18.2 Å². The number of rotatable bonds is 6. The first-order chi connectivity index (χ1) is 9.79. The minimum Gasteiger partial charge on any atom is -0.465 e. The maximum absolute atomic E-state index is 12.2. The maximum Gasteiger partial charge on any atom is 0.327 e. The van der Waals surface area contributed by atoms with E-state index in [0.29, 0.717) is 6.61 Å². The highest BCUT2D eigenvalue weighted by atomic mass is 32.1. The summed E-state index contributed by atoms with van der Waals surface area (Å²) in [6.45, 7) is 3.16. The molecular weight excluding hydrogens is 270 g/mol. The summed E-state index contributed by atoms with van der Waals surface area (Å²) in [5.74, 6) is 0.563. The number of esters is 1. The molecule has 0 saturated heterocycles. The molecule has 1 aliphatic rings. The van der Waals surface area contributed by atoms with Gasteiger partial charge in [0.15, 0.2) is 0 Å². The van der Waals surface area contributed by atoms with Crippen LogP contribution in [0.2, 0.25) is 0 Å². The Kier molecular flexibility index (Phi) is 4.03. The van der Waals surface area contributed by atoms with Crippen molar-refractivity contribution in [2.75, 3.05) is 13.2 Å². The van der Waals surface area contributed by atoms with Crippen LogP contribution in [-0.2, 0) is 9.53 Å². The molecule has 1 unspecified atom stereocenters. The summed E-state index contributed by atoms with van der Waals surface area (Å²) in [6.07, 6.45) is 2.54. The first-order valence-electron chi connectivity index (χ1n) is 7.15. The minimum absolute atomic E-state index is 0.170. The fourth-order valence-corrected chi connectivity index (χ4v) is 3.36. The van der Waals surface area contributed by atoms with Crippen LogP contribution in [0.1, 0.15) is 31.4 Å². The van der Waals surface area contributed by atoms with E-state index in [-0.39, 0.29) is 12.0 Å². The van der Waals surface area contributed by atoms with E-state index in [1.807, 2.05) is 19.1 Å². The predicted molar refractivity (Wildman–Crippen MR) is 81.9 cm³/mol. The molecule has 1 aromatic carbocycles. The van der Waals surface area contributed by atoms with Crippen LogP contribution in [-0.4, -0.2) is 19.1 Å². The van der Waals surface area contributed by atoms with Crippen molar-refractivity contribution >= 4 is 27.4 Å². The van der Waals surface area contributed by atoms with Gasteiger partial charge in [0.25, 0.3) is 0 Å². The number of fused-ring (bicyclic) bond motifs is 1. The van der Waals surface area contributed by atoms with Crippen LogP contribution in [0.5, 0.6) is 0 Å². The maximum atomic E-state index is 12.2. The Morgan fingerprint density at radius 1 is 1.45 bits per heavy atom. The van der Waals surface area contributed by atoms with Crippen LogP contribution in [0.25, 0.3) is 10.1 Å². The third-order valence-corrected chi connectivity index (χ3v) is 4.63. The van der Waals surface area contributed by atoms with E-state index >= 15 is 0 Å². The van der Waals surface area contributed by atoms with E-state index < -0.39 is 0 Å². The molecule has 1 aromatic heterocycles. The lowest BCUT2D eigenvalue weighted by Crippen LogP contribution is -2.31. The molecule has 1 aliphatic carbocycles. The lowest BCUT2D eigenvalue weighted by Gasteiger charge is -2.17. The van der Waals surface area contributed by atoms with Crippen molar-refractivity contribution in [3.05, 3.63) is 35.2 Å². The second-order valence-corrected chi connectivity index (χ2v) is 6.14. The molecule has 1 heterocycles. The van der Waals surface area contributed by atoms with E-state index in [0.717, 1.165) is 23.4 Å². The number of ether oxygens (including phenoxy) is 1. The number of hydrogen-bond acceptors (Lipinski definition) is 4. The monoisotopic (exact) mass is 289 g/mol. The van der Waals surface area contributed by atoms with Crippen molar-refractivity contribution in [2.24, 2.45) is 5.92 Å². The van der Waals surface area contributed by atoms with Crippen LogP contribution < -0.4 is 5.32 Å². The van der Waals surface area contributed by atoms with Crippen molar-refractivity contribution in [3.8, 4) is 0 Å². The zero-order valence-corrected chi connectivity index (χ0v) is 12.4. The standard InChI is InChI=1S/C16H19NO2S/c1-2-19-16(18)15(17-9-11-7-8-11)13-10-20-14-6-4-3-5-12(13)14/h3-6,10-11,15,17H,2,7-9H2,1H3. The molecule has 1 N–H and O–H groups in total. The van der Waals surface area contributed by atoms with E-state index in [1.54, 1.807) is 11.3 Å². The van der Waals surface area contributed by atoms with Crippen molar-refractivity contribution in [1.29, 1.82) is 0 Å². The fraction of sp³-hybridized carbons (Fsp3) is 0.438. The zero-order valence-electron chi connectivity index (χ0n) is 11.6. The van der Waals surface area contributed by atoms with Crippen molar-refractivity contribution < 1.29 is 9.53 Å². The molecule has 0 amide bonds. The second kappa shape index (κ2) is 5.94. The van der Waals surface area contributed by atoms with Crippen molar-refractivity contribution in [1.82, 2.24) is 5.32 Å². The van der Waals surface area contributed by atoms with Crippen LogP contribution in [0.3, 0.4) is 0 Å². The van der Waals surface area contributed by atoms with Gasteiger partial charge in [0.2, 0.25) is 0 Å². The van der Waals surface area contributed by atoms with E-state index in [9.17, 15) is 4.79 Å². The van der Waals surface area contributed by atoms with Gasteiger partial charge in [0, 0.05) is 4.70 Å². The van der Waals surface area contributed by atoms with Crippen LogP contribution in [0, 0.1) is 5.92 Å². The van der Waals surface area contributed by atoms with Crippen LogP contribution >= 0.6 is 11.3 Å². The molecule has 3 rings (SSSR count). The Balaban J connectivity index is 1.87. The molecule has 2 aromatic rings. The predicted octanol–water partition coefficient (Wildman–Crippen LogP) is 3.51. The highest BCUT2D eigenvalue weighted by Gasteiger charge is 2.28. The van der Waals surface area contributed by atoms with Gasteiger partial charge in [-0.15, -0.1) is 11.3 Å². The molecular formula is C16H19NO2S. The van der Waals surface area contributed by atoms with Crippen LogP contribution in [0.15, 0.2) is 29.6 Å². The van der Waals surface area contributed by atoms with Gasteiger partial charge in [0.1, 0.15) is 6.04 Å². The number of thiophene rings is 1. The zero-order chi connectivity index (χ0) is 13.9. The SMILES string of the molecule is CCOC(=O)C(NCC1CC1)c1csc2ccccc12. The van der Waals surface area contributed by atoms with Gasteiger partial charge in [-0.3, -0.25) is 0 Å². The summed E-state index contributed by atoms with van der Waals surface area (Å²) >= 11 is 1.68. The quantitative estimate of drug-likeness (QED) is 0.827. The number of carbonyl (C=O) groups is 1. The molecule has 4 heteroatoms. The largest absolute Gasteiger partial charge is 0.465 e. The average Bonchev–Trinajstić information content (AvgIpc) is 3.19. The normalized spacial score (nSPS) is 16.2. The first kappa shape index (κ1) is 13.6. The van der Waals surface area contributed by atoms with Crippen molar-refractivity contribution in [3.63, 3.8) is 0 Å². The van der Waals surface area contributed by atoms with Gasteiger partial charge in [-0.2, -0.15) is 0 Å². The van der Waals surface area contributed by atoms with Gasteiger partial charge in [-0.05, 0) is 54.6 Å². The number of nitrogens with one attached hydrogen (secondary N) is 1. The summed E-state index contributed by atoms with van der Waals surface area (Å²) in [5, 5.41) is 6.62. The average molecular weight is 289 g/mol. The number of hydrogen-bond donors (Lipinski definition) is 1.